The maximum absolute atomic E-state index is 11.8. The van der Waals surface area contributed by atoms with E-state index in [4.69, 9.17) is 4.84 Å². The molecule has 3 rings (SSSR count). The molecule has 0 fully saturated rings. The predicted octanol–water partition coefficient (Wildman–Crippen LogP) is 3.07. The lowest BCUT2D eigenvalue weighted by Gasteiger charge is -2.04. The highest BCUT2D eigenvalue weighted by Crippen LogP contribution is 2.19. The molecule has 0 N–H and O–H groups in total. The van der Waals surface area contributed by atoms with Crippen molar-refractivity contribution in [3.05, 3.63) is 60.2 Å². The van der Waals surface area contributed by atoms with Gasteiger partial charge < -0.3 is 4.84 Å². The van der Waals surface area contributed by atoms with Gasteiger partial charge in [0.25, 0.3) is 5.91 Å². The fraction of sp³-hybridized carbons (Fsp3) is 0.167. The number of hydrazone groups is 1. The van der Waals surface area contributed by atoms with E-state index in [1.165, 1.54) is 10.6 Å². The smallest absolute Gasteiger partial charge is 0.297 e. The monoisotopic (exact) mass is 307 g/mol. The van der Waals surface area contributed by atoms with Crippen molar-refractivity contribution in [2.24, 2.45) is 10.3 Å². The number of benzene rings is 2. The van der Waals surface area contributed by atoms with Crippen LogP contribution < -0.4 is 0 Å². The summed E-state index contributed by atoms with van der Waals surface area (Å²) in [5.74, 6) is -0.248. The Kier molecular flexibility index (Phi) is 4.19. The molecule has 116 valence electrons. The van der Waals surface area contributed by atoms with Gasteiger partial charge in [0, 0.05) is 7.05 Å². The van der Waals surface area contributed by atoms with Gasteiger partial charge in [-0.2, -0.15) is 5.10 Å². The van der Waals surface area contributed by atoms with E-state index in [-0.39, 0.29) is 11.6 Å². The zero-order valence-electron chi connectivity index (χ0n) is 13.1. The molecule has 5 heteroatoms. The van der Waals surface area contributed by atoms with Gasteiger partial charge in [0.2, 0.25) is 0 Å². The third kappa shape index (κ3) is 3.29. The van der Waals surface area contributed by atoms with Crippen LogP contribution in [-0.4, -0.2) is 29.4 Å². The van der Waals surface area contributed by atoms with E-state index in [1.807, 2.05) is 42.5 Å². The molecule has 23 heavy (non-hydrogen) atoms. The largest absolute Gasteiger partial charge is 0.390 e. The summed E-state index contributed by atoms with van der Waals surface area (Å²) >= 11 is 0. The Labute approximate surface area is 134 Å². The summed E-state index contributed by atoms with van der Waals surface area (Å²) in [4.78, 5) is 17.1. The third-order valence-corrected chi connectivity index (χ3v) is 3.59. The summed E-state index contributed by atoms with van der Waals surface area (Å²) in [5, 5.41) is 9.17. The van der Waals surface area contributed by atoms with Gasteiger partial charge in [-0.3, -0.25) is 4.79 Å². The fourth-order valence-corrected chi connectivity index (χ4v) is 2.33. The molecule has 1 amide bonds. The van der Waals surface area contributed by atoms with Gasteiger partial charge in [0.05, 0.1) is 5.71 Å². The number of hydrogen-bond donors (Lipinski definition) is 0. The molecule has 2 aromatic carbocycles. The lowest BCUT2D eigenvalue weighted by molar-refractivity contribution is -0.122. The van der Waals surface area contributed by atoms with Crippen LogP contribution in [0.25, 0.3) is 11.1 Å². The Morgan fingerprint density at radius 2 is 1.70 bits per heavy atom. The first kappa shape index (κ1) is 15.0. The maximum Gasteiger partial charge on any atom is 0.297 e. The van der Waals surface area contributed by atoms with Gasteiger partial charge in [-0.05, 0) is 23.6 Å². The van der Waals surface area contributed by atoms with Crippen LogP contribution >= 0.6 is 0 Å². The first-order valence-electron chi connectivity index (χ1n) is 7.33. The van der Waals surface area contributed by atoms with Crippen LogP contribution in [-0.2, 0) is 16.2 Å². The standard InChI is InChI=1S/C18H17N3O2/c1-13-17(18(22)21(2)19-13)20-23-12-14-8-10-16(11-9-14)15-6-4-3-5-7-15/h3-11H,12H2,1-2H3. The van der Waals surface area contributed by atoms with E-state index in [1.54, 1.807) is 14.0 Å². The number of carbonyl (C=O) groups excluding carboxylic acids is 1. The number of carbonyl (C=O) groups is 1. The van der Waals surface area contributed by atoms with Crippen molar-refractivity contribution in [1.82, 2.24) is 5.01 Å². The van der Waals surface area contributed by atoms with Gasteiger partial charge in [0.1, 0.15) is 6.61 Å². The van der Waals surface area contributed by atoms with Gasteiger partial charge in [-0.25, -0.2) is 5.01 Å². The predicted molar refractivity (Wildman–Crippen MR) is 90.0 cm³/mol. The van der Waals surface area contributed by atoms with Crippen molar-refractivity contribution in [1.29, 1.82) is 0 Å². The van der Waals surface area contributed by atoms with Crippen LogP contribution in [0, 0.1) is 0 Å². The quantitative estimate of drug-likeness (QED) is 0.815. The summed E-state index contributed by atoms with van der Waals surface area (Å²) in [6, 6.07) is 18.2. The lowest BCUT2D eigenvalue weighted by Crippen LogP contribution is -2.24. The van der Waals surface area contributed by atoms with Crippen molar-refractivity contribution in [3.63, 3.8) is 0 Å². The van der Waals surface area contributed by atoms with Crippen LogP contribution in [0.3, 0.4) is 0 Å². The third-order valence-electron chi connectivity index (χ3n) is 3.59. The Balaban J connectivity index is 1.64. The average Bonchev–Trinajstić information content (AvgIpc) is 2.82. The Bertz CT molecular complexity index is 765. The zero-order chi connectivity index (χ0) is 16.2. The first-order valence-corrected chi connectivity index (χ1v) is 7.33. The highest BCUT2D eigenvalue weighted by molar-refractivity contribution is 6.68. The molecule has 1 aliphatic heterocycles. The molecule has 0 spiro atoms. The van der Waals surface area contributed by atoms with Crippen molar-refractivity contribution in [2.75, 3.05) is 7.05 Å². The number of nitrogens with zero attached hydrogens (tertiary/aromatic N) is 3. The van der Waals surface area contributed by atoms with Crippen molar-refractivity contribution < 1.29 is 9.63 Å². The molecule has 0 atom stereocenters. The SMILES string of the molecule is CC1=NN(C)C(=O)C1=NOCc1ccc(-c2ccccc2)cc1. The van der Waals surface area contributed by atoms with Crippen molar-refractivity contribution >= 4 is 17.3 Å². The molecule has 0 aromatic heterocycles. The van der Waals surface area contributed by atoms with Crippen molar-refractivity contribution in [3.8, 4) is 11.1 Å². The van der Waals surface area contributed by atoms with Gasteiger partial charge in [0.15, 0.2) is 5.71 Å². The number of rotatable bonds is 4. The molecule has 0 aliphatic carbocycles. The normalized spacial score (nSPS) is 15.9. The van der Waals surface area contributed by atoms with Crippen LogP contribution in [0.4, 0.5) is 0 Å². The van der Waals surface area contributed by atoms with E-state index < -0.39 is 0 Å². The Hall–Kier alpha value is -2.95. The van der Waals surface area contributed by atoms with E-state index in [2.05, 4.69) is 22.4 Å². The Morgan fingerprint density at radius 1 is 1.04 bits per heavy atom. The number of oxime groups is 1. The minimum absolute atomic E-state index is 0.248. The summed E-state index contributed by atoms with van der Waals surface area (Å²) in [5.41, 5.74) is 4.13. The van der Waals surface area contributed by atoms with E-state index in [9.17, 15) is 4.79 Å². The number of hydrogen-bond acceptors (Lipinski definition) is 4. The summed E-state index contributed by atoms with van der Waals surface area (Å²) < 4.78 is 0. The van der Waals surface area contributed by atoms with E-state index in [0.717, 1.165) is 11.1 Å². The highest BCUT2D eigenvalue weighted by Gasteiger charge is 2.27. The van der Waals surface area contributed by atoms with E-state index >= 15 is 0 Å². The second-order valence-corrected chi connectivity index (χ2v) is 5.29. The molecule has 5 nitrogen and oxygen atoms in total. The average molecular weight is 307 g/mol. The van der Waals surface area contributed by atoms with Crippen LogP contribution in [0.2, 0.25) is 0 Å². The van der Waals surface area contributed by atoms with E-state index in [0.29, 0.717) is 12.3 Å². The summed E-state index contributed by atoms with van der Waals surface area (Å²) in [6.07, 6.45) is 0. The molecule has 2 aromatic rings. The molecule has 0 saturated carbocycles. The molecule has 1 aliphatic rings. The highest BCUT2D eigenvalue weighted by atomic mass is 16.6. The molecule has 0 saturated heterocycles. The second-order valence-electron chi connectivity index (χ2n) is 5.29. The lowest BCUT2D eigenvalue weighted by atomic mass is 10.0. The topological polar surface area (TPSA) is 54.3 Å². The second kappa shape index (κ2) is 6.44. The maximum atomic E-state index is 11.8. The zero-order valence-corrected chi connectivity index (χ0v) is 13.1. The van der Waals surface area contributed by atoms with Gasteiger partial charge in [-0.15, -0.1) is 0 Å². The molecule has 0 unspecified atom stereocenters. The minimum atomic E-state index is -0.248. The van der Waals surface area contributed by atoms with Gasteiger partial charge >= 0.3 is 0 Å². The molecule has 0 radical (unpaired) electrons. The van der Waals surface area contributed by atoms with Crippen molar-refractivity contribution in [2.45, 2.75) is 13.5 Å². The summed E-state index contributed by atoms with van der Waals surface area (Å²) in [7, 11) is 1.59. The molecular formula is C18H17N3O2. The summed E-state index contributed by atoms with van der Waals surface area (Å²) in [6.45, 7) is 2.04. The Morgan fingerprint density at radius 3 is 2.30 bits per heavy atom. The van der Waals surface area contributed by atoms with Gasteiger partial charge in [-0.1, -0.05) is 59.8 Å². The fourth-order valence-electron chi connectivity index (χ4n) is 2.33. The van der Waals surface area contributed by atoms with Crippen LogP contribution in [0.5, 0.6) is 0 Å². The van der Waals surface area contributed by atoms with Crippen LogP contribution in [0.15, 0.2) is 64.9 Å². The minimum Gasteiger partial charge on any atom is -0.390 e. The molecular weight excluding hydrogens is 290 g/mol. The van der Waals surface area contributed by atoms with Crippen LogP contribution in [0.1, 0.15) is 12.5 Å². The molecule has 1 heterocycles. The first-order chi connectivity index (χ1) is 11.1. The molecule has 0 bridgehead atoms. The number of amides is 1.